The lowest BCUT2D eigenvalue weighted by molar-refractivity contribution is 0.0553. The third-order valence-corrected chi connectivity index (χ3v) is 5.48. The number of carbonyl (C=O) groups excluding carboxylic acids is 3. The van der Waals surface area contributed by atoms with E-state index in [-0.39, 0.29) is 17.8 Å². The van der Waals surface area contributed by atoms with Gasteiger partial charge in [0.25, 0.3) is 5.91 Å². The molecule has 2 aliphatic heterocycles. The lowest BCUT2D eigenvalue weighted by atomic mass is 10.0. The van der Waals surface area contributed by atoms with Crippen LogP contribution in [0.15, 0.2) is 48.5 Å². The van der Waals surface area contributed by atoms with Gasteiger partial charge in [-0.25, -0.2) is 4.79 Å². The van der Waals surface area contributed by atoms with Gasteiger partial charge in [0.2, 0.25) is 0 Å². The fourth-order valence-corrected chi connectivity index (χ4v) is 3.93. The number of carbonyl (C=O) groups is 3. The number of hydrogen-bond donors (Lipinski definition) is 0. The summed E-state index contributed by atoms with van der Waals surface area (Å²) in [5.41, 5.74) is 2.57. The number of amides is 2. The molecule has 28 heavy (non-hydrogen) atoms. The first-order chi connectivity index (χ1) is 13.4. The summed E-state index contributed by atoms with van der Waals surface area (Å²) in [6.07, 6.45) is 0.330. The molecular weight excluding hydrogens is 356 g/mol. The van der Waals surface area contributed by atoms with Gasteiger partial charge in [0.05, 0.1) is 13.1 Å². The van der Waals surface area contributed by atoms with Gasteiger partial charge in [-0.2, -0.15) is 0 Å². The Balaban J connectivity index is 1.49. The fourth-order valence-electron chi connectivity index (χ4n) is 3.93. The summed E-state index contributed by atoms with van der Waals surface area (Å²) in [6.45, 7) is 3.05. The van der Waals surface area contributed by atoms with Crippen molar-refractivity contribution in [2.45, 2.75) is 18.9 Å². The maximum absolute atomic E-state index is 12.9. The highest BCUT2D eigenvalue weighted by atomic mass is 16.6. The number of hydrogen-bond acceptors (Lipinski definition) is 4. The van der Waals surface area contributed by atoms with Crippen LogP contribution >= 0.6 is 0 Å². The van der Waals surface area contributed by atoms with Crippen LogP contribution in [0.5, 0.6) is 0 Å². The SMILES string of the molecule is CC(=O)c1cccc(-c2ccc(C(=O)N3CC[C@]4(CN(C)C(=O)O4)C3)cc2)c1. The zero-order valence-electron chi connectivity index (χ0n) is 16.0. The molecule has 2 heterocycles. The lowest BCUT2D eigenvalue weighted by Crippen LogP contribution is -2.39. The maximum atomic E-state index is 12.9. The molecule has 1 atom stereocenters. The third-order valence-electron chi connectivity index (χ3n) is 5.48. The molecule has 4 rings (SSSR count). The van der Waals surface area contributed by atoms with Crippen LogP contribution in [0.3, 0.4) is 0 Å². The Kier molecular flexibility index (Phi) is 4.41. The van der Waals surface area contributed by atoms with Crippen LogP contribution in [0, 0.1) is 0 Å². The van der Waals surface area contributed by atoms with Crippen molar-refractivity contribution in [1.29, 1.82) is 0 Å². The summed E-state index contributed by atoms with van der Waals surface area (Å²) < 4.78 is 5.51. The zero-order valence-corrected chi connectivity index (χ0v) is 16.0. The van der Waals surface area contributed by atoms with Crippen LogP contribution in [0.4, 0.5) is 4.79 Å². The van der Waals surface area contributed by atoms with E-state index < -0.39 is 5.60 Å². The number of rotatable bonds is 3. The molecule has 2 saturated heterocycles. The van der Waals surface area contributed by atoms with E-state index >= 15 is 0 Å². The first kappa shape index (κ1) is 18.2. The average molecular weight is 378 g/mol. The molecule has 0 aliphatic carbocycles. The summed E-state index contributed by atoms with van der Waals surface area (Å²) >= 11 is 0. The average Bonchev–Trinajstić information content (AvgIpc) is 3.23. The van der Waals surface area contributed by atoms with Gasteiger partial charge in [0.1, 0.15) is 0 Å². The first-order valence-corrected chi connectivity index (χ1v) is 9.32. The predicted molar refractivity (Wildman–Crippen MR) is 104 cm³/mol. The molecule has 2 fully saturated rings. The molecule has 0 unspecified atom stereocenters. The van der Waals surface area contributed by atoms with Gasteiger partial charge in [0.15, 0.2) is 11.4 Å². The largest absolute Gasteiger partial charge is 0.439 e. The van der Waals surface area contributed by atoms with Crippen molar-refractivity contribution in [1.82, 2.24) is 9.80 Å². The Morgan fingerprint density at radius 1 is 1.00 bits per heavy atom. The van der Waals surface area contributed by atoms with Gasteiger partial charge in [0, 0.05) is 31.1 Å². The monoisotopic (exact) mass is 378 g/mol. The van der Waals surface area contributed by atoms with E-state index in [0.29, 0.717) is 37.2 Å². The molecule has 0 N–H and O–H groups in total. The van der Waals surface area contributed by atoms with Crippen LogP contribution < -0.4 is 0 Å². The maximum Gasteiger partial charge on any atom is 0.410 e. The quantitative estimate of drug-likeness (QED) is 0.769. The van der Waals surface area contributed by atoms with E-state index in [1.54, 1.807) is 42.0 Å². The van der Waals surface area contributed by atoms with Gasteiger partial charge in [-0.15, -0.1) is 0 Å². The molecule has 0 bridgehead atoms. The Bertz CT molecular complexity index is 953. The Morgan fingerprint density at radius 3 is 2.39 bits per heavy atom. The van der Waals surface area contributed by atoms with Crippen molar-refractivity contribution < 1.29 is 19.1 Å². The molecule has 144 valence electrons. The molecule has 2 amide bonds. The Morgan fingerprint density at radius 2 is 1.75 bits per heavy atom. The van der Waals surface area contributed by atoms with Crippen molar-refractivity contribution in [2.24, 2.45) is 0 Å². The minimum atomic E-state index is -0.575. The number of Topliss-reactive ketones (excluding diaryl/α,β-unsaturated/α-hetero) is 1. The minimum Gasteiger partial charge on any atom is -0.439 e. The topological polar surface area (TPSA) is 66.9 Å². The van der Waals surface area contributed by atoms with Crippen LogP contribution in [0.2, 0.25) is 0 Å². The lowest BCUT2D eigenvalue weighted by Gasteiger charge is -2.21. The molecule has 1 spiro atoms. The number of likely N-dealkylation sites (tertiary alicyclic amines) is 1. The Labute approximate surface area is 163 Å². The summed E-state index contributed by atoms with van der Waals surface area (Å²) in [4.78, 5) is 39.5. The summed E-state index contributed by atoms with van der Waals surface area (Å²) in [7, 11) is 1.71. The van der Waals surface area contributed by atoms with Crippen molar-refractivity contribution >= 4 is 17.8 Å². The molecule has 2 aromatic rings. The number of benzene rings is 2. The van der Waals surface area contributed by atoms with Gasteiger partial charge in [-0.05, 0) is 36.2 Å². The first-order valence-electron chi connectivity index (χ1n) is 9.32. The van der Waals surface area contributed by atoms with Crippen molar-refractivity contribution in [3.63, 3.8) is 0 Å². The molecule has 2 aromatic carbocycles. The third kappa shape index (κ3) is 3.26. The second-order valence-corrected chi connectivity index (χ2v) is 7.60. The van der Waals surface area contributed by atoms with Crippen LogP contribution in [0.1, 0.15) is 34.1 Å². The fraction of sp³-hybridized carbons (Fsp3) is 0.318. The normalized spacial score (nSPS) is 21.3. The van der Waals surface area contributed by atoms with Crippen molar-refractivity contribution in [3.05, 3.63) is 59.7 Å². The molecule has 6 heteroatoms. The number of likely N-dealkylation sites (N-methyl/N-ethyl adjacent to an activating group) is 1. The van der Waals surface area contributed by atoms with Crippen LogP contribution in [0.25, 0.3) is 11.1 Å². The minimum absolute atomic E-state index is 0.0230. The van der Waals surface area contributed by atoms with E-state index in [4.69, 9.17) is 4.74 Å². The van der Waals surface area contributed by atoms with Crippen LogP contribution in [-0.2, 0) is 4.74 Å². The number of ketones is 1. The van der Waals surface area contributed by atoms with Crippen molar-refractivity contribution in [2.75, 3.05) is 26.7 Å². The van der Waals surface area contributed by atoms with E-state index in [1.165, 1.54) is 0 Å². The molecule has 2 aliphatic rings. The molecule has 0 radical (unpaired) electrons. The summed E-state index contributed by atoms with van der Waals surface area (Å²) in [6, 6.07) is 14.8. The van der Waals surface area contributed by atoms with E-state index in [9.17, 15) is 14.4 Å². The number of nitrogens with zero attached hydrogens (tertiary/aromatic N) is 2. The van der Waals surface area contributed by atoms with E-state index in [0.717, 1.165) is 11.1 Å². The van der Waals surface area contributed by atoms with Gasteiger partial charge in [-0.1, -0.05) is 30.3 Å². The Hall–Kier alpha value is -3.15. The van der Waals surface area contributed by atoms with Gasteiger partial charge < -0.3 is 14.5 Å². The van der Waals surface area contributed by atoms with Crippen LogP contribution in [-0.4, -0.2) is 59.9 Å². The van der Waals surface area contributed by atoms with Gasteiger partial charge in [-0.3, -0.25) is 9.59 Å². The summed E-state index contributed by atoms with van der Waals surface area (Å²) in [5.74, 6) is -0.0404. The molecular formula is C22H22N2O4. The standard InChI is InChI=1S/C22H22N2O4/c1-15(25)18-4-3-5-19(12-18)16-6-8-17(9-7-16)20(26)24-11-10-22(14-24)13-23(2)21(27)28-22/h3-9,12H,10-11,13-14H2,1-2H3/t22-/m0/s1. The second-order valence-electron chi connectivity index (χ2n) is 7.60. The number of ether oxygens (including phenoxy) is 1. The van der Waals surface area contributed by atoms with Crippen molar-refractivity contribution in [3.8, 4) is 11.1 Å². The highest BCUT2D eigenvalue weighted by Crippen LogP contribution is 2.32. The smallest absolute Gasteiger partial charge is 0.410 e. The highest BCUT2D eigenvalue weighted by Gasteiger charge is 2.49. The molecule has 0 saturated carbocycles. The molecule has 0 aromatic heterocycles. The van der Waals surface area contributed by atoms with E-state index in [2.05, 4.69) is 0 Å². The van der Waals surface area contributed by atoms with Gasteiger partial charge >= 0.3 is 6.09 Å². The summed E-state index contributed by atoms with van der Waals surface area (Å²) in [5, 5.41) is 0. The predicted octanol–water partition coefficient (Wildman–Crippen LogP) is 3.22. The zero-order chi connectivity index (χ0) is 19.9. The molecule has 6 nitrogen and oxygen atoms in total. The highest BCUT2D eigenvalue weighted by molar-refractivity contribution is 5.96. The van der Waals surface area contributed by atoms with E-state index in [1.807, 2.05) is 30.3 Å². The second kappa shape index (κ2) is 6.78.